The molecule has 2 aliphatic rings. The Bertz CT molecular complexity index is 878. The molecular formula is C26H41N5O2. The lowest BCUT2D eigenvalue weighted by Crippen LogP contribution is -2.39. The molecule has 7 heteroatoms. The molecule has 0 spiro atoms. The molecule has 1 saturated heterocycles. The van der Waals surface area contributed by atoms with E-state index in [1.165, 1.54) is 37.7 Å². The summed E-state index contributed by atoms with van der Waals surface area (Å²) in [5, 5.41) is 4.44. The second kappa shape index (κ2) is 11.9. The van der Waals surface area contributed by atoms with Crippen molar-refractivity contribution in [3.8, 4) is 5.88 Å². The molecule has 4 rings (SSSR count). The number of likely N-dealkylation sites (tertiary alicyclic amines) is 1. The number of aromatic nitrogens is 3. The monoisotopic (exact) mass is 455 g/mol. The summed E-state index contributed by atoms with van der Waals surface area (Å²) >= 11 is 0. The van der Waals surface area contributed by atoms with Crippen molar-refractivity contribution in [2.24, 2.45) is 0 Å². The molecule has 0 bridgehead atoms. The first kappa shape index (κ1) is 24.1. The van der Waals surface area contributed by atoms with Gasteiger partial charge in [-0.25, -0.2) is 15.0 Å². The van der Waals surface area contributed by atoms with Crippen LogP contribution in [0.3, 0.4) is 0 Å². The SMILES string of the molecule is CCCC(C)Nc1ncc2c(OC3CCN(CCOC)CC3)ncc(C3CCCCC3)c2n1. The standard InChI is InChI=1S/C26H41N5O2/c1-4-8-19(2)29-26-28-18-23-24(30-26)22(20-9-6-5-7-10-20)17-27-25(23)33-21-11-13-31(14-12-21)15-16-32-3/h17-21H,4-16H2,1-3H3,(H,28,29,30). The highest BCUT2D eigenvalue weighted by Crippen LogP contribution is 2.38. The van der Waals surface area contributed by atoms with E-state index in [1.807, 2.05) is 12.4 Å². The van der Waals surface area contributed by atoms with Gasteiger partial charge in [0.2, 0.25) is 11.8 Å². The summed E-state index contributed by atoms with van der Waals surface area (Å²) in [7, 11) is 1.76. The van der Waals surface area contributed by atoms with Crippen LogP contribution >= 0.6 is 0 Å². The lowest BCUT2D eigenvalue weighted by Gasteiger charge is -2.32. The molecule has 2 aromatic heterocycles. The van der Waals surface area contributed by atoms with E-state index in [0.717, 1.165) is 62.8 Å². The molecule has 1 aliphatic heterocycles. The van der Waals surface area contributed by atoms with Crippen molar-refractivity contribution in [2.45, 2.75) is 89.7 Å². The molecule has 3 heterocycles. The lowest BCUT2D eigenvalue weighted by atomic mass is 9.84. The lowest BCUT2D eigenvalue weighted by molar-refractivity contribution is 0.0782. The highest BCUT2D eigenvalue weighted by Gasteiger charge is 2.25. The van der Waals surface area contributed by atoms with Gasteiger partial charge in [0.05, 0.1) is 17.5 Å². The van der Waals surface area contributed by atoms with Crippen LogP contribution in [0.1, 0.15) is 83.1 Å². The summed E-state index contributed by atoms with van der Waals surface area (Å²) in [6, 6.07) is 0.353. The second-order valence-corrected chi connectivity index (χ2v) is 9.80. The number of piperidine rings is 1. The largest absolute Gasteiger partial charge is 0.474 e. The predicted octanol–water partition coefficient (Wildman–Crippen LogP) is 5.16. The highest BCUT2D eigenvalue weighted by atomic mass is 16.5. The van der Waals surface area contributed by atoms with Crippen LogP contribution in [0.15, 0.2) is 12.4 Å². The molecule has 7 nitrogen and oxygen atoms in total. The summed E-state index contributed by atoms with van der Waals surface area (Å²) in [6.07, 6.45) is 14.7. The van der Waals surface area contributed by atoms with Crippen LogP contribution in [0.25, 0.3) is 10.9 Å². The van der Waals surface area contributed by atoms with Crippen molar-refractivity contribution in [1.29, 1.82) is 0 Å². The average Bonchev–Trinajstić information content (AvgIpc) is 2.84. The van der Waals surface area contributed by atoms with E-state index in [2.05, 4.69) is 29.0 Å². The topological polar surface area (TPSA) is 72.4 Å². The van der Waals surface area contributed by atoms with Crippen molar-refractivity contribution in [1.82, 2.24) is 19.9 Å². The number of pyridine rings is 1. The third-order valence-electron chi connectivity index (χ3n) is 7.18. The Balaban J connectivity index is 1.55. The minimum absolute atomic E-state index is 0.183. The molecule has 1 atom stereocenters. The van der Waals surface area contributed by atoms with Gasteiger partial charge in [-0.3, -0.25) is 0 Å². The van der Waals surface area contributed by atoms with E-state index < -0.39 is 0 Å². The molecule has 1 aliphatic carbocycles. The van der Waals surface area contributed by atoms with E-state index in [4.69, 9.17) is 19.4 Å². The van der Waals surface area contributed by atoms with Gasteiger partial charge in [0, 0.05) is 50.7 Å². The second-order valence-electron chi connectivity index (χ2n) is 9.80. The zero-order valence-corrected chi connectivity index (χ0v) is 20.7. The van der Waals surface area contributed by atoms with Crippen LogP contribution in [0.2, 0.25) is 0 Å². The fourth-order valence-electron chi connectivity index (χ4n) is 5.25. The molecular weight excluding hydrogens is 414 g/mol. The number of hydrogen-bond acceptors (Lipinski definition) is 7. The maximum atomic E-state index is 6.45. The van der Waals surface area contributed by atoms with Gasteiger partial charge in [-0.2, -0.15) is 0 Å². The number of hydrogen-bond donors (Lipinski definition) is 1. The van der Waals surface area contributed by atoms with E-state index >= 15 is 0 Å². The first-order valence-electron chi connectivity index (χ1n) is 13.0. The van der Waals surface area contributed by atoms with Gasteiger partial charge >= 0.3 is 0 Å². The van der Waals surface area contributed by atoms with Gasteiger partial charge in [0.1, 0.15) is 6.10 Å². The quantitative estimate of drug-likeness (QED) is 0.530. The fourth-order valence-corrected chi connectivity index (χ4v) is 5.25. The van der Waals surface area contributed by atoms with Gasteiger partial charge in [-0.05, 0) is 44.9 Å². The molecule has 182 valence electrons. The zero-order valence-electron chi connectivity index (χ0n) is 20.7. The first-order valence-corrected chi connectivity index (χ1v) is 13.0. The molecule has 33 heavy (non-hydrogen) atoms. The van der Waals surface area contributed by atoms with E-state index in [-0.39, 0.29) is 6.10 Å². The van der Waals surface area contributed by atoms with Crippen LogP contribution < -0.4 is 10.1 Å². The van der Waals surface area contributed by atoms with Crippen molar-refractivity contribution in [2.75, 3.05) is 38.7 Å². The van der Waals surface area contributed by atoms with Crippen LogP contribution in [-0.2, 0) is 4.74 Å². The molecule has 0 amide bonds. The zero-order chi connectivity index (χ0) is 23.0. The summed E-state index contributed by atoms with van der Waals surface area (Å²) in [6.45, 7) is 8.24. The molecule has 2 aromatic rings. The van der Waals surface area contributed by atoms with Crippen molar-refractivity contribution >= 4 is 16.9 Å². The van der Waals surface area contributed by atoms with E-state index in [1.54, 1.807) is 7.11 Å². The van der Waals surface area contributed by atoms with Gasteiger partial charge in [0.25, 0.3) is 0 Å². The van der Waals surface area contributed by atoms with Crippen LogP contribution in [0.5, 0.6) is 5.88 Å². The molecule has 2 fully saturated rings. The summed E-state index contributed by atoms with van der Waals surface area (Å²) < 4.78 is 11.7. The number of nitrogens with zero attached hydrogens (tertiary/aromatic N) is 4. The Hall–Kier alpha value is -1.99. The number of ether oxygens (including phenoxy) is 2. The molecule has 1 N–H and O–H groups in total. The first-order chi connectivity index (χ1) is 16.2. The number of fused-ring (bicyclic) bond motifs is 1. The molecule has 1 unspecified atom stereocenters. The third-order valence-corrected chi connectivity index (χ3v) is 7.18. The van der Waals surface area contributed by atoms with Crippen molar-refractivity contribution < 1.29 is 9.47 Å². The van der Waals surface area contributed by atoms with Crippen LogP contribution in [0.4, 0.5) is 5.95 Å². The van der Waals surface area contributed by atoms with E-state index in [0.29, 0.717) is 23.8 Å². The van der Waals surface area contributed by atoms with Gasteiger partial charge < -0.3 is 19.7 Å². The molecule has 0 aromatic carbocycles. The predicted molar refractivity (Wildman–Crippen MR) is 133 cm³/mol. The minimum atomic E-state index is 0.183. The maximum absolute atomic E-state index is 6.45. The van der Waals surface area contributed by atoms with Gasteiger partial charge in [-0.15, -0.1) is 0 Å². The Morgan fingerprint density at radius 1 is 1.09 bits per heavy atom. The average molecular weight is 456 g/mol. The number of anilines is 1. The van der Waals surface area contributed by atoms with Gasteiger partial charge in [0.15, 0.2) is 0 Å². The number of rotatable bonds is 10. The molecule has 1 saturated carbocycles. The maximum Gasteiger partial charge on any atom is 0.224 e. The number of methoxy groups -OCH3 is 1. The molecule has 0 radical (unpaired) electrons. The van der Waals surface area contributed by atoms with E-state index in [9.17, 15) is 0 Å². The minimum Gasteiger partial charge on any atom is -0.474 e. The number of nitrogens with one attached hydrogen (secondary N) is 1. The van der Waals surface area contributed by atoms with Crippen molar-refractivity contribution in [3.63, 3.8) is 0 Å². The van der Waals surface area contributed by atoms with Crippen LogP contribution in [-0.4, -0.2) is 65.3 Å². The fraction of sp³-hybridized carbons (Fsp3) is 0.731. The Morgan fingerprint density at radius 3 is 2.61 bits per heavy atom. The summed E-state index contributed by atoms with van der Waals surface area (Å²) in [5.74, 6) is 1.93. The highest BCUT2D eigenvalue weighted by molar-refractivity contribution is 5.86. The summed E-state index contributed by atoms with van der Waals surface area (Å²) in [4.78, 5) is 16.9. The van der Waals surface area contributed by atoms with Crippen LogP contribution in [0, 0.1) is 0 Å². The van der Waals surface area contributed by atoms with Gasteiger partial charge in [-0.1, -0.05) is 32.6 Å². The Morgan fingerprint density at radius 2 is 1.88 bits per heavy atom. The Kier molecular flexibility index (Phi) is 8.73. The Labute approximate surface area is 198 Å². The third kappa shape index (κ3) is 6.33. The normalized spacial score (nSPS) is 19.6. The summed E-state index contributed by atoms with van der Waals surface area (Å²) in [5.41, 5.74) is 2.28. The smallest absolute Gasteiger partial charge is 0.224 e. The van der Waals surface area contributed by atoms with Crippen molar-refractivity contribution in [3.05, 3.63) is 18.0 Å².